The number of thioether (sulfide) groups is 1. The van der Waals surface area contributed by atoms with Crippen molar-refractivity contribution in [3.63, 3.8) is 0 Å². The van der Waals surface area contributed by atoms with Crippen molar-refractivity contribution < 1.29 is 9.15 Å². The summed E-state index contributed by atoms with van der Waals surface area (Å²) in [6, 6.07) is 4.48. The van der Waals surface area contributed by atoms with E-state index in [9.17, 15) is 0 Å². The average Bonchev–Trinajstić information content (AvgIpc) is 3.32. The highest BCUT2D eigenvalue weighted by molar-refractivity contribution is 14.0. The van der Waals surface area contributed by atoms with Crippen molar-refractivity contribution in [1.29, 1.82) is 0 Å². The highest BCUT2D eigenvalue weighted by atomic mass is 127. The first-order valence-electron chi connectivity index (χ1n) is 9.55. The molecule has 1 saturated carbocycles. The Balaban J connectivity index is 0.00000243. The summed E-state index contributed by atoms with van der Waals surface area (Å²) >= 11 is 1.98. The van der Waals surface area contributed by atoms with Gasteiger partial charge in [-0.15, -0.1) is 24.0 Å². The van der Waals surface area contributed by atoms with Crippen molar-refractivity contribution in [2.24, 2.45) is 4.99 Å². The SMILES string of the molecule is CSC1CCC(NC(=NCC2CCCCO2)NCCc2ccco2)C1.I. The molecule has 2 N–H and O–H groups in total. The van der Waals surface area contributed by atoms with E-state index in [-0.39, 0.29) is 30.1 Å². The first-order chi connectivity index (χ1) is 12.3. The summed E-state index contributed by atoms with van der Waals surface area (Å²) in [6.07, 6.45) is 12.4. The van der Waals surface area contributed by atoms with Gasteiger partial charge in [-0.1, -0.05) is 0 Å². The molecule has 5 nitrogen and oxygen atoms in total. The number of rotatable bonds is 7. The summed E-state index contributed by atoms with van der Waals surface area (Å²) in [5.74, 6) is 1.93. The van der Waals surface area contributed by atoms with E-state index in [4.69, 9.17) is 14.1 Å². The molecule has 7 heteroatoms. The lowest BCUT2D eigenvalue weighted by molar-refractivity contribution is 0.0224. The van der Waals surface area contributed by atoms with Crippen LogP contribution in [0.5, 0.6) is 0 Å². The predicted octanol–water partition coefficient (Wildman–Crippen LogP) is 3.83. The summed E-state index contributed by atoms with van der Waals surface area (Å²) in [5.41, 5.74) is 0. The molecule has 1 aliphatic carbocycles. The minimum atomic E-state index is 0. The molecule has 0 aromatic carbocycles. The number of guanidine groups is 1. The number of nitrogens with one attached hydrogen (secondary N) is 2. The second-order valence-corrected chi connectivity index (χ2v) is 8.08. The van der Waals surface area contributed by atoms with E-state index in [0.717, 1.165) is 49.5 Å². The number of furan rings is 1. The van der Waals surface area contributed by atoms with Crippen molar-refractivity contribution in [2.75, 3.05) is 26.0 Å². The molecule has 0 spiro atoms. The van der Waals surface area contributed by atoms with Crippen molar-refractivity contribution >= 4 is 41.7 Å². The number of hydrogen-bond donors (Lipinski definition) is 2. The van der Waals surface area contributed by atoms with Gasteiger partial charge in [0.05, 0.1) is 18.9 Å². The monoisotopic (exact) mass is 493 g/mol. The Morgan fingerprint density at radius 3 is 2.92 bits per heavy atom. The van der Waals surface area contributed by atoms with Crippen LogP contribution in [-0.4, -0.2) is 49.3 Å². The number of hydrogen-bond acceptors (Lipinski definition) is 4. The summed E-state index contributed by atoms with van der Waals surface area (Å²) in [7, 11) is 0. The number of aliphatic imine (C=N–C) groups is 1. The Labute approximate surface area is 178 Å². The number of ether oxygens (including phenoxy) is 1. The predicted molar refractivity (Wildman–Crippen MR) is 120 cm³/mol. The molecular weight excluding hydrogens is 461 g/mol. The Morgan fingerprint density at radius 2 is 2.23 bits per heavy atom. The molecule has 0 amide bonds. The minimum absolute atomic E-state index is 0. The molecule has 2 heterocycles. The van der Waals surface area contributed by atoms with Gasteiger partial charge >= 0.3 is 0 Å². The summed E-state index contributed by atoms with van der Waals surface area (Å²) in [6.45, 7) is 2.45. The van der Waals surface area contributed by atoms with Crippen LogP contribution in [0.3, 0.4) is 0 Å². The molecule has 1 aliphatic heterocycles. The highest BCUT2D eigenvalue weighted by Gasteiger charge is 2.24. The van der Waals surface area contributed by atoms with Crippen LogP contribution >= 0.6 is 35.7 Å². The van der Waals surface area contributed by atoms with E-state index in [2.05, 4.69) is 16.9 Å². The van der Waals surface area contributed by atoms with Gasteiger partial charge in [-0.3, -0.25) is 4.99 Å². The van der Waals surface area contributed by atoms with Crippen LogP contribution in [0.15, 0.2) is 27.8 Å². The fourth-order valence-corrected chi connectivity index (χ4v) is 4.33. The van der Waals surface area contributed by atoms with Crippen LogP contribution in [0.25, 0.3) is 0 Å². The van der Waals surface area contributed by atoms with Crippen LogP contribution in [0, 0.1) is 0 Å². The van der Waals surface area contributed by atoms with Crippen molar-refractivity contribution in [3.8, 4) is 0 Å². The Bertz CT molecular complexity index is 521. The maximum atomic E-state index is 5.82. The normalized spacial score (nSPS) is 26.3. The third-order valence-corrected chi connectivity index (χ3v) is 6.12. The van der Waals surface area contributed by atoms with Gasteiger partial charge in [0.2, 0.25) is 0 Å². The van der Waals surface area contributed by atoms with Crippen molar-refractivity contribution in [1.82, 2.24) is 10.6 Å². The first-order valence-corrected chi connectivity index (χ1v) is 10.8. The third kappa shape index (κ3) is 7.31. The van der Waals surface area contributed by atoms with Crippen LogP contribution in [0.4, 0.5) is 0 Å². The van der Waals surface area contributed by atoms with E-state index in [1.54, 1.807) is 6.26 Å². The van der Waals surface area contributed by atoms with Crippen LogP contribution in [0.2, 0.25) is 0 Å². The molecule has 1 aromatic rings. The average molecular weight is 493 g/mol. The lowest BCUT2D eigenvalue weighted by atomic mass is 10.1. The number of nitrogens with zero attached hydrogens (tertiary/aromatic N) is 1. The molecule has 3 atom stereocenters. The highest BCUT2D eigenvalue weighted by Crippen LogP contribution is 2.28. The van der Waals surface area contributed by atoms with E-state index >= 15 is 0 Å². The molecule has 0 radical (unpaired) electrons. The van der Waals surface area contributed by atoms with E-state index < -0.39 is 0 Å². The zero-order valence-corrected chi connectivity index (χ0v) is 18.8. The molecule has 1 saturated heterocycles. The Kier molecular flexibility index (Phi) is 10.2. The van der Waals surface area contributed by atoms with Crippen molar-refractivity contribution in [2.45, 2.75) is 62.3 Å². The van der Waals surface area contributed by atoms with Gasteiger partial charge in [-0.05, 0) is 56.9 Å². The number of halogens is 1. The molecule has 3 rings (SSSR count). The summed E-state index contributed by atoms with van der Waals surface area (Å²) in [4.78, 5) is 4.81. The molecule has 26 heavy (non-hydrogen) atoms. The first kappa shape index (κ1) is 21.9. The maximum absolute atomic E-state index is 5.82. The third-order valence-electron chi connectivity index (χ3n) is 5.03. The summed E-state index contributed by atoms with van der Waals surface area (Å²) < 4.78 is 11.2. The van der Waals surface area contributed by atoms with Gasteiger partial charge in [-0.2, -0.15) is 11.8 Å². The molecule has 2 fully saturated rings. The second kappa shape index (κ2) is 12.1. The fraction of sp³-hybridized carbons (Fsp3) is 0.737. The maximum Gasteiger partial charge on any atom is 0.191 e. The van der Waals surface area contributed by atoms with E-state index in [1.807, 2.05) is 23.9 Å². The van der Waals surface area contributed by atoms with E-state index in [0.29, 0.717) is 6.04 Å². The molecular formula is C19H32IN3O2S. The van der Waals surface area contributed by atoms with Gasteiger partial charge in [0.1, 0.15) is 5.76 Å². The molecule has 0 bridgehead atoms. The fourth-order valence-electron chi connectivity index (χ4n) is 3.53. The molecule has 2 aliphatic rings. The zero-order chi connectivity index (χ0) is 17.3. The van der Waals surface area contributed by atoms with Gasteiger partial charge < -0.3 is 19.8 Å². The summed E-state index contributed by atoms with van der Waals surface area (Å²) in [5, 5.41) is 7.89. The second-order valence-electron chi connectivity index (χ2n) is 6.95. The van der Waals surface area contributed by atoms with Crippen LogP contribution in [0.1, 0.15) is 44.3 Å². The van der Waals surface area contributed by atoms with Gasteiger partial charge in [0.25, 0.3) is 0 Å². The molecule has 1 aromatic heterocycles. The van der Waals surface area contributed by atoms with Crippen LogP contribution in [-0.2, 0) is 11.2 Å². The smallest absolute Gasteiger partial charge is 0.191 e. The molecule has 3 unspecified atom stereocenters. The Morgan fingerprint density at radius 1 is 1.31 bits per heavy atom. The standard InChI is InChI=1S/C19H31N3O2S.HI/c1-25-18-8-7-15(13-18)22-19(20-10-9-16-6-4-12-23-16)21-14-17-5-2-3-11-24-17;/h4,6,12,15,17-18H,2-3,5,7-11,13-14H2,1H3,(H2,20,21,22);1H. The van der Waals surface area contributed by atoms with Crippen LogP contribution < -0.4 is 10.6 Å². The lowest BCUT2D eigenvalue weighted by Gasteiger charge is -2.22. The van der Waals surface area contributed by atoms with Crippen molar-refractivity contribution in [3.05, 3.63) is 24.2 Å². The zero-order valence-electron chi connectivity index (χ0n) is 15.6. The van der Waals surface area contributed by atoms with Gasteiger partial charge in [0.15, 0.2) is 5.96 Å². The topological polar surface area (TPSA) is 58.8 Å². The van der Waals surface area contributed by atoms with E-state index in [1.165, 1.54) is 32.1 Å². The minimum Gasteiger partial charge on any atom is -0.469 e. The van der Waals surface area contributed by atoms with Gasteiger partial charge in [0, 0.05) is 30.9 Å². The Hall–Kier alpha value is -0.410. The largest absolute Gasteiger partial charge is 0.469 e. The van der Waals surface area contributed by atoms with Gasteiger partial charge in [-0.25, -0.2) is 0 Å². The quantitative estimate of drug-likeness (QED) is 0.344. The lowest BCUT2D eigenvalue weighted by Crippen LogP contribution is -2.44. The molecule has 148 valence electrons.